The van der Waals surface area contributed by atoms with Gasteiger partial charge in [-0.15, -0.1) is 0 Å². The lowest BCUT2D eigenvalue weighted by Gasteiger charge is -2.28. The number of rotatable bonds is 6. The van der Waals surface area contributed by atoms with Crippen molar-refractivity contribution in [2.45, 2.75) is 39.5 Å². The quantitative estimate of drug-likeness (QED) is 0.287. The Labute approximate surface area is 115 Å². The topological polar surface area (TPSA) is 91.0 Å². The molecule has 1 unspecified atom stereocenters. The van der Waals surface area contributed by atoms with Crippen LogP contribution in [0, 0.1) is 5.41 Å². The summed E-state index contributed by atoms with van der Waals surface area (Å²) in [4.78, 5) is 14.5. The molecule has 1 fully saturated rings. The van der Waals surface area contributed by atoms with Crippen LogP contribution in [-0.2, 0) is 4.79 Å². The summed E-state index contributed by atoms with van der Waals surface area (Å²) in [5.74, 6) is -0.215. The number of nitrogens with two attached hydrogens (primary N) is 1. The number of amides is 1. The van der Waals surface area contributed by atoms with Gasteiger partial charge in [0, 0.05) is 13.1 Å². The molecule has 1 amide bonds. The van der Waals surface area contributed by atoms with Crippen molar-refractivity contribution in [3.8, 4) is 0 Å². The normalized spacial score (nSPS) is 20.8. The van der Waals surface area contributed by atoms with Crippen LogP contribution in [0.3, 0.4) is 0 Å². The maximum absolute atomic E-state index is 12.1. The molecule has 110 valence electrons. The van der Waals surface area contributed by atoms with E-state index in [0.717, 1.165) is 19.6 Å². The summed E-state index contributed by atoms with van der Waals surface area (Å²) in [5.41, 5.74) is 4.67. The highest BCUT2D eigenvalue weighted by molar-refractivity contribution is 6.06. The number of carbonyl (C=O) groups is 1. The molecule has 6 nitrogen and oxygen atoms in total. The number of carbonyl (C=O) groups excluding carboxylic acids is 1. The molecule has 0 radical (unpaired) electrons. The number of oxime groups is 1. The Morgan fingerprint density at radius 1 is 1.42 bits per heavy atom. The van der Waals surface area contributed by atoms with Gasteiger partial charge in [0.1, 0.15) is 5.41 Å². The van der Waals surface area contributed by atoms with Gasteiger partial charge in [0.2, 0.25) is 5.91 Å². The first-order valence-electron chi connectivity index (χ1n) is 7.03. The highest BCUT2D eigenvalue weighted by atomic mass is 16.4. The van der Waals surface area contributed by atoms with Crippen molar-refractivity contribution in [2.75, 3.05) is 26.2 Å². The molecule has 0 aliphatic carbocycles. The summed E-state index contributed by atoms with van der Waals surface area (Å²) in [7, 11) is 0. The van der Waals surface area contributed by atoms with Crippen LogP contribution in [-0.4, -0.2) is 48.0 Å². The second-order valence-corrected chi connectivity index (χ2v) is 5.33. The van der Waals surface area contributed by atoms with E-state index < -0.39 is 5.41 Å². The van der Waals surface area contributed by atoms with E-state index >= 15 is 0 Å². The summed E-state index contributed by atoms with van der Waals surface area (Å²) in [5, 5.41) is 14.6. The van der Waals surface area contributed by atoms with E-state index in [9.17, 15) is 4.79 Å². The first-order chi connectivity index (χ1) is 9.04. The standard InChI is InChI=1S/C13H26N4O2/c1-3-13(2,11(14)16-19)12(18)15-7-10-17-8-5-4-6-9-17/h19H,3-10H2,1-2H3,(H2,14,16)(H,15,18). The zero-order valence-electron chi connectivity index (χ0n) is 12.0. The number of nitrogens with zero attached hydrogens (tertiary/aromatic N) is 2. The second-order valence-electron chi connectivity index (χ2n) is 5.33. The van der Waals surface area contributed by atoms with Gasteiger partial charge in [-0.3, -0.25) is 4.79 Å². The minimum atomic E-state index is -0.934. The first kappa shape index (κ1) is 15.8. The molecule has 19 heavy (non-hydrogen) atoms. The molecule has 0 aromatic carbocycles. The van der Waals surface area contributed by atoms with E-state index in [1.54, 1.807) is 6.92 Å². The summed E-state index contributed by atoms with van der Waals surface area (Å²) in [6.45, 7) is 7.23. The molecule has 6 heteroatoms. The number of hydrogen-bond donors (Lipinski definition) is 3. The summed E-state index contributed by atoms with van der Waals surface area (Å²) in [6, 6.07) is 0. The van der Waals surface area contributed by atoms with Crippen LogP contribution in [0.25, 0.3) is 0 Å². The Balaban J connectivity index is 2.40. The van der Waals surface area contributed by atoms with Crippen molar-refractivity contribution in [1.29, 1.82) is 0 Å². The molecule has 0 aromatic rings. The van der Waals surface area contributed by atoms with Crippen LogP contribution in [0.1, 0.15) is 39.5 Å². The van der Waals surface area contributed by atoms with Crippen LogP contribution in [0.4, 0.5) is 0 Å². The van der Waals surface area contributed by atoms with Crippen molar-refractivity contribution in [3.63, 3.8) is 0 Å². The van der Waals surface area contributed by atoms with E-state index in [0.29, 0.717) is 13.0 Å². The molecule has 1 rings (SSSR count). The highest BCUT2D eigenvalue weighted by Gasteiger charge is 2.36. The van der Waals surface area contributed by atoms with Gasteiger partial charge in [-0.1, -0.05) is 18.5 Å². The molecule has 1 aliphatic heterocycles. The molecule has 4 N–H and O–H groups in total. The molecule has 0 bridgehead atoms. The van der Waals surface area contributed by atoms with Gasteiger partial charge in [0.05, 0.1) is 0 Å². The van der Waals surface area contributed by atoms with Crippen LogP contribution in [0.5, 0.6) is 0 Å². The van der Waals surface area contributed by atoms with Crippen LogP contribution >= 0.6 is 0 Å². The molecular formula is C13H26N4O2. The Morgan fingerprint density at radius 2 is 2.05 bits per heavy atom. The third-order valence-corrected chi connectivity index (χ3v) is 4.04. The monoisotopic (exact) mass is 270 g/mol. The van der Waals surface area contributed by atoms with Gasteiger partial charge < -0.3 is 21.2 Å². The Hall–Kier alpha value is -1.30. The Bertz CT molecular complexity index is 327. The van der Waals surface area contributed by atoms with Crippen molar-refractivity contribution in [3.05, 3.63) is 0 Å². The smallest absolute Gasteiger partial charge is 0.233 e. The minimum Gasteiger partial charge on any atom is -0.409 e. The molecular weight excluding hydrogens is 244 g/mol. The van der Waals surface area contributed by atoms with Crippen molar-refractivity contribution < 1.29 is 10.0 Å². The van der Waals surface area contributed by atoms with Gasteiger partial charge in [0.15, 0.2) is 5.84 Å². The lowest BCUT2D eigenvalue weighted by Crippen LogP contribution is -2.49. The molecule has 0 spiro atoms. The number of amidine groups is 1. The number of likely N-dealkylation sites (tertiary alicyclic amines) is 1. The molecule has 1 saturated heterocycles. The average Bonchev–Trinajstić information content (AvgIpc) is 2.46. The predicted octanol–water partition coefficient (Wildman–Crippen LogP) is 0.751. The number of nitrogens with one attached hydrogen (secondary N) is 1. The Morgan fingerprint density at radius 3 is 2.58 bits per heavy atom. The molecule has 1 heterocycles. The van der Waals surface area contributed by atoms with Gasteiger partial charge >= 0.3 is 0 Å². The molecule has 0 aromatic heterocycles. The van der Waals surface area contributed by atoms with Crippen molar-refractivity contribution >= 4 is 11.7 Å². The summed E-state index contributed by atoms with van der Waals surface area (Å²) in [6.07, 6.45) is 4.29. The first-order valence-corrected chi connectivity index (χ1v) is 7.03. The van der Waals surface area contributed by atoms with Crippen LogP contribution in [0.15, 0.2) is 5.16 Å². The fourth-order valence-corrected chi connectivity index (χ4v) is 2.27. The zero-order valence-corrected chi connectivity index (χ0v) is 12.0. The van der Waals surface area contributed by atoms with Gasteiger partial charge in [-0.2, -0.15) is 0 Å². The predicted molar refractivity (Wildman–Crippen MR) is 75.1 cm³/mol. The number of piperidine rings is 1. The van der Waals surface area contributed by atoms with Gasteiger partial charge in [0.25, 0.3) is 0 Å². The van der Waals surface area contributed by atoms with E-state index in [2.05, 4.69) is 15.4 Å². The van der Waals surface area contributed by atoms with E-state index in [1.165, 1.54) is 19.3 Å². The minimum absolute atomic E-state index is 0.0366. The molecule has 0 saturated carbocycles. The molecule has 1 aliphatic rings. The third kappa shape index (κ3) is 4.09. The van der Waals surface area contributed by atoms with Crippen LogP contribution in [0.2, 0.25) is 0 Å². The van der Waals surface area contributed by atoms with E-state index in [-0.39, 0.29) is 11.7 Å². The SMILES string of the molecule is CCC(C)(C(=O)NCCN1CCCCC1)C(N)=NO. The van der Waals surface area contributed by atoms with Crippen molar-refractivity contribution in [2.24, 2.45) is 16.3 Å². The Kier molecular flexibility index (Phi) is 6.08. The highest BCUT2D eigenvalue weighted by Crippen LogP contribution is 2.21. The maximum atomic E-state index is 12.1. The zero-order chi connectivity index (χ0) is 14.3. The summed E-state index contributed by atoms with van der Waals surface area (Å²) < 4.78 is 0. The fourth-order valence-electron chi connectivity index (χ4n) is 2.27. The lowest BCUT2D eigenvalue weighted by molar-refractivity contribution is -0.127. The van der Waals surface area contributed by atoms with E-state index in [4.69, 9.17) is 10.9 Å². The van der Waals surface area contributed by atoms with E-state index in [1.807, 2.05) is 6.92 Å². The molecule has 1 atom stereocenters. The van der Waals surface area contributed by atoms with Crippen LogP contribution < -0.4 is 11.1 Å². The maximum Gasteiger partial charge on any atom is 0.233 e. The average molecular weight is 270 g/mol. The fraction of sp³-hybridized carbons (Fsp3) is 0.846. The third-order valence-electron chi connectivity index (χ3n) is 4.04. The van der Waals surface area contributed by atoms with Crippen molar-refractivity contribution in [1.82, 2.24) is 10.2 Å². The van der Waals surface area contributed by atoms with Gasteiger partial charge in [-0.05, 0) is 39.3 Å². The number of hydrogen-bond acceptors (Lipinski definition) is 4. The van der Waals surface area contributed by atoms with Gasteiger partial charge in [-0.25, -0.2) is 0 Å². The summed E-state index contributed by atoms with van der Waals surface area (Å²) >= 11 is 0. The largest absolute Gasteiger partial charge is 0.409 e. The second kappa shape index (κ2) is 7.33. The lowest BCUT2D eigenvalue weighted by atomic mass is 9.85.